The number of hydrogen-bond acceptors (Lipinski definition) is 6. The van der Waals surface area contributed by atoms with E-state index in [2.05, 4.69) is 26.2 Å². The minimum absolute atomic E-state index is 0.0265. The highest BCUT2D eigenvalue weighted by atomic mass is 16.6. The molecule has 0 aromatic rings. The lowest BCUT2D eigenvalue weighted by Crippen LogP contribution is -2.54. The average Bonchev–Trinajstić information content (AvgIpc) is 3.28. The number of hydrazine groups is 1. The Balaban J connectivity index is 1.39. The molecule has 0 bridgehead atoms. The summed E-state index contributed by atoms with van der Waals surface area (Å²) >= 11 is 0. The monoisotopic (exact) mass is 363 g/mol. The molecule has 0 spiro atoms. The second-order valence-corrected chi connectivity index (χ2v) is 8.37. The Hall–Kier alpha value is -1.18. The first-order valence-electron chi connectivity index (χ1n) is 10.4. The van der Waals surface area contributed by atoms with Crippen LogP contribution in [0.15, 0.2) is 5.16 Å². The summed E-state index contributed by atoms with van der Waals surface area (Å²) in [5.41, 5.74) is 7.71. The average molecular weight is 364 g/mol. The first-order valence-corrected chi connectivity index (χ1v) is 10.4. The van der Waals surface area contributed by atoms with Gasteiger partial charge >= 0.3 is 0 Å². The molecule has 3 saturated heterocycles. The van der Waals surface area contributed by atoms with Crippen molar-refractivity contribution in [3.63, 3.8) is 0 Å². The third kappa shape index (κ3) is 3.49. The van der Waals surface area contributed by atoms with Crippen LogP contribution in [0.5, 0.6) is 0 Å². The largest absolute Gasteiger partial charge is 0.396 e. The van der Waals surface area contributed by atoms with Gasteiger partial charge in [0.15, 0.2) is 0 Å². The summed E-state index contributed by atoms with van der Waals surface area (Å²) in [5.74, 6) is 1.36. The third-order valence-electron chi connectivity index (χ3n) is 6.77. The molecule has 3 heterocycles. The molecule has 7 nitrogen and oxygen atoms in total. The maximum atomic E-state index is 13.1. The highest BCUT2D eigenvalue weighted by molar-refractivity contribution is 5.88. The van der Waals surface area contributed by atoms with Crippen molar-refractivity contribution in [1.82, 2.24) is 21.1 Å². The van der Waals surface area contributed by atoms with Gasteiger partial charge in [-0.3, -0.25) is 10.2 Å². The number of piperidine rings is 1. The summed E-state index contributed by atoms with van der Waals surface area (Å²) < 4.78 is 0. The fraction of sp³-hybridized carbons (Fsp3) is 0.895. The summed E-state index contributed by atoms with van der Waals surface area (Å²) in [7, 11) is 0. The van der Waals surface area contributed by atoms with Crippen LogP contribution in [0.1, 0.15) is 52.4 Å². The van der Waals surface area contributed by atoms with E-state index in [0.717, 1.165) is 31.6 Å². The molecule has 1 aliphatic carbocycles. The molecule has 0 aromatic heterocycles. The Bertz CT molecular complexity index is 540. The number of hydrogen-bond donors (Lipinski definition) is 3. The molecule has 4 aliphatic rings. The second-order valence-electron chi connectivity index (χ2n) is 8.37. The lowest BCUT2D eigenvalue weighted by molar-refractivity contribution is -0.135. The van der Waals surface area contributed by atoms with Gasteiger partial charge in [0.2, 0.25) is 5.91 Å². The Morgan fingerprint density at radius 1 is 1.19 bits per heavy atom. The van der Waals surface area contributed by atoms with Gasteiger partial charge < -0.3 is 15.1 Å². The molecule has 1 saturated carbocycles. The lowest BCUT2D eigenvalue weighted by Gasteiger charge is -2.37. The van der Waals surface area contributed by atoms with Crippen molar-refractivity contribution in [3.05, 3.63) is 0 Å². The minimum Gasteiger partial charge on any atom is -0.396 e. The molecule has 3 aliphatic heterocycles. The van der Waals surface area contributed by atoms with Crippen molar-refractivity contribution in [3.8, 4) is 0 Å². The Morgan fingerprint density at radius 3 is 2.85 bits per heavy atom. The van der Waals surface area contributed by atoms with Crippen molar-refractivity contribution in [2.45, 2.75) is 76.5 Å². The van der Waals surface area contributed by atoms with Gasteiger partial charge in [-0.25, -0.2) is 5.43 Å². The lowest BCUT2D eigenvalue weighted by atomic mass is 9.84. The molecule has 146 valence electrons. The van der Waals surface area contributed by atoms with E-state index in [9.17, 15) is 4.79 Å². The predicted octanol–water partition coefficient (Wildman–Crippen LogP) is 1.01. The Kier molecular flexibility index (Phi) is 5.47. The van der Waals surface area contributed by atoms with Gasteiger partial charge in [-0.05, 0) is 45.4 Å². The fourth-order valence-electron chi connectivity index (χ4n) is 5.37. The van der Waals surface area contributed by atoms with Crippen molar-refractivity contribution < 1.29 is 9.63 Å². The van der Waals surface area contributed by atoms with E-state index in [4.69, 9.17) is 4.84 Å². The van der Waals surface area contributed by atoms with Gasteiger partial charge in [-0.1, -0.05) is 18.0 Å². The quantitative estimate of drug-likeness (QED) is 0.513. The van der Waals surface area contributed by atoms with E-state index in [1.807, 2.05) is 13.8 Å². The summed E-state index contributed by atoms with van der Waals surface area (Å²) in [4.78, 5) is 20.5. The number of rotatable bonds is 4. The van der Waals surface area contributed by atoms with Crippen LogP contribution >= 0.6 is 0 Å². The highest BCUT2D eigenvalue weighted by Gasteiger charge is 2.45. The number of carbonyl (C=O) groups is 1. The standard InChI is InChI=1S/C19H33N5O2/c1-3-26-23-12(2)18-14-11-24(9-8-16(14)21-22-18)19(25)17-10-13-6-4-5-7-15(13)20-17/h13-18,20-22H,3-11H2,1-2H3/b23-12+. The summed E-state index contributed by atoms with van der Waals surface area (Å²) in [6, 6.07) is 1.12. The van der Waals surface area contributed by atoms with Crippen LogP contribution in [-0.2, 0) is 9.63 Å². The van der Waals surface area contributed by atoms with E-state index in [1.54, 1.807) is 0 Å². The number of fused-ring (bicyclic) bond motifs is 2. The Morgan fingerprint density at radius 2 is 2.04 bits per heavy atom. The molecular weight excluding hydrogens is 330 g/mol. The molecule has 7 heteroatoms. The van der Waals surface area contributed by atoms with Crippen molar-refractivity contribution >= 4 is 11.6 Å². The molecule has 26 heavy (non-hydrogen) atoms. The summed E-state index contributed by atoms with van der Waals surface area (Å²) in [5, 5.41) is 7.86. The van der Waals surface area contributed by atoms with E-state index >= 15 is 0 Å². The second kappa shape index (κ2) is 7.82. The number of amides is 1. The van der Waals surface area contributed by atoms with Crippen molar-refractivity contribution in [2.75, 3.05) is 19.7 Å². The maximum Gasteiger partial charge on any atom is 0.239 e. The van der Waals surface area contributed by atoms with Crippen LogP contribution in [0.3, 0.4) is 0 Å². The zero-order valence-electron chi connectivity index (χ0n) is 16.0. The fourth-order valence-corrected chi connectivity index (χ4v) is 5.37. The van der Waals surface area contributed by atoms with Gasteiger partial charge in [0, 0.05) is 31.1 Å². The number of oxime groups is 1. The van der Waals surface area contributed by atoms with Gasteiger partial charge in [-0.2, -0.15) is 0 Å². The molecule has 4 fully saturated rings. The van der Waals surface area contributed by atoms with Crippen LogP contribution in [0.4, 0.5) is 0 Å². The summed E-state index contributed by atoms with van der Waals surface area (Å²) in [6.45, 7) is 6.15. The van der Waals surface area contributed by atoms with Crippen LogP contribution < -0.4 is 16.2 Å². The van der Waals surface area contributed by atoms with Gasteiger partial charge in [-0.15, -0.1) is 0 Å². The number of carbonyl (C=O) groups excluding carboxylic acids is 1. The molecule has 6 atom stereocenters. The molecule has 0 aromatic carbocycles. The van der Waals surface area contributed by atoms with E-state index in [0.29, 0.717) is 36.4 Å². The van der Waals surface area contributed by atoms with E-state index in [-0.39, 0.29) is 12.1 Å². The van der Waals surface area contributed by atoms with Crippen molar-refractivity contribution in [1.29, 1.82) is 0 Å². The smallest absolute Gasteiger partial charge is 0.239 e. The molecular formula is C19H33N5O2. The zero-order chi connectivity index (χ0) is 18.1. The van der Waals surface area contributed by atoms with Crippen LogP contribution in [0, 0.1) is 11.8 Å². The first-order chi connectivity index (χ1) is 12.7. The summed E-state index contributed by atoms with van der Waals surface area (Å²) in [6.07, 6.45) is 7.17. The SMILES string of the molecule is CCO/N=C(\C)C1NNC2CCN(C(=O)C3CC4CCCCC4N3)CC21. The number of nitrogens with zero attached hydrogens (tertiary/aromatic N) is 2. The first kappa shape index (κ1) is 18.2. The molecule has 3 N–H and O–H groups in total. The molecule has 6 unspecified atom stereocenters. The number of nitrogens with one attached hydrogen (secondary N) is 3. The Labute approximate surface area is 156 Å². The van der Waals surface area contributed by atoms with Crippen LogP contribution in [-0.4, -0.2) is 60.4 Å². The number of likely N-dealkylation sites (tertiary alicyclic amines) is 1. The molecule has 4 rings (SSSR count). The normalized spacial score (nSPS) is 40.2. The third-order valence-corrected chi connectivity index (χ3v) is 6.77. The highest BCUT2D eigenvalue weighted by Crippen LogP contribution is 2.34. The zero-order valence-corrected chi connectivity index (χ0v) is 16.0. The van der Waals surface area contributed by atoms with Gasteiger partial charge in [0.25, 0.3) is 0 Å². The van der Waals surface area contributed by atoms with Gasteiger partial charge in [0.1, 0.15) is 6.61 Å². The minimum atomic E-state index is 0.0265. The van der Waals surface area contributed by atoms with Crippen LogP contribution in [0.2, 0.25) is 0 Å². The molecule has 0 radical (unpaired) electrons. The van der Waals surface area contributed by atoms with E-state index < -0.39 is 0 Å². The van der Waals surface area contributed by atoms with Crippen molar-refractivity contribution in [2.24, 2.45) is 17.0 Å². The topological polar surface area (TPSA) is 78.0 Å². The predicted molar refractivity (Wildman–Crippen MR) is 101 cm³/mol. The van der Waals surface area contributed by atoms with E-state index in [1.165, 1.54) is 25.7 Å². The molecule has 1 amide bonds. The van der Waals surface area contributed by atoms with Crippen LogP contribution in [0.25, 0.3) is 0 Å². The van der Waals surface area contributed by atoms with Gasteiger partial charge in [0.05, 0.1) is 17.8 Å². The maximum absolute atomic E-state index is 13.1.